The Labute approximate surface area is 205 Å². The van der Waals surface area contributed by atoms with Gasteiger partial charge in [0.25, 0.3) is 0 Å². The molecule has 35 heavy (non-hydrogen) atoms. The van der Waals surface area contributed by atoms with Crippen LogP contribution in [0.1, 0.15) is 56.6 Å². The van der Waals surface area contributed by atoms with Crippen molar-refractivity contribution >= 4 is 18.0 Å². The maximum Gasteiger partial charge on any atom is 0.407 e. The number of benzene rings is 2. The van der Waals surface area contributed by atoms with Crippen LogP contribution in [0.15, 0.2) is 48.5 Å². The summed E-state index contributed by atoms with van der Waals surface area (Å²) in [6.07, 6.45) is 1.88. The third kappa shape index (κ3) is 4.07. The van der Waals surface area contributed by atoms with Gasteiger partial charge < -0.3 is 20.5 Å². The number of aliphatic carboxylic acids is 1. The average Bonchev–Trinajstić information content (AvgIpc) is 3.29. The van der Waals surface area contributed by atoms with Crippen LogP contribution in [0.3, 0.4) is 0 Å². The molecule has 4 unspecified atom stereocenters. The fourth-order valence-corrected chi connectivity index (χ4v) is 5.91. The molecule has 184 valence electrons. The standard InChI is InChI=1S/C28H32N2O5/c1-3-27(2,24(31)30-18-12-17-13-28(17,14-18)25(32)33)16-29-26(34)35-15-23-21-10-6-4-8-19(21)20-9-5-7-11-22(20)23/h4-11,17-18,23H,3,12-16H2,1-2H3,(H,29,34)(H,30,31)(H,32,33). The lowest BCUT2D eigenvalue weighted by Gasteiger charge is -2.29. The predicted octanol–water partition coefficient (Wildman–Crippen LogP) is 4.31. The van der Waals surface area contributed by atoms with Crippen molar-refractivity contribution in [2.75, 3.05) is 13.2 Å². The fraction of sp³-hybridized carbons (Fsp3) is 0.464. The van der Waals surface area contributed by atoms with Crippen molar-refractivity contribution in [3.8, 4) is 11.1 Å². The molecular formula is C28H32N2O5. The second kappa shape index (κ2) is 8.70. The van der Waals surface area contributed by atoms with Gasteiger partial charge in [-0.15, -0.1) is 0 Å². The second-order valence-electron chi connectivity index (χ2n) is 10.6. The van der Waals surface area contributed by atoms with Crippen molar-refractivity contribution in [2.45, 2.75) is 51.5 Å². The second-order valence-corrected chi connectivity index (χ2v) is 10.6. The molecule has 7 heteroatoms. The van der Waals surface area contributed by atoms with Crippen LogP contribution in [0, 0.1) is 16.7 Å². The SMILES string of the molecule is CCC(C)(CNC(=O)OCC1c2ccccc2-c2ccccc21)C(=O)NC1CC2CC2(C(=O)O)C1. The number of ether oxygens (including phenoxy) is 1. The normalized spacial score (nSPS) is 25.5. The highest BCUT2D eigenvalue weighted by molar-refractivity contribution is 5.84. The quantitative estimate of drug-likeness (QED) is 0.527. The van der Waals surface area contributed by atoms with Crippen molar-refractivity contribution in [3.05, 3.63) is 59.7 Å². The van der Waals surface area contributed by atoms with Gasteiger partial charge in [0.1, 0.15) is 6.61 Å². The zero-order chi connectivity index (χ0) is 24.8. The van der Waals surface area contributed by atoms with Crippen molar-refractivity contribution in [2.24, 2.45) is 16.7 Å². The number of hydrogen-bond acceptors (Lipinski definition) is 4. The zero-order valence-corrected chi connectivity index (χ0v) is 20.2. The van der Waals surface area contributed by atoms with Gasteiger partial charge in [0.05, 0.1) is 10.8 Å². The van der Waals surface area contributed by atoms with Gasteiger partial charge in [-0.25, -0.2) is 4.79 Å². The minimum atomic E-state index is -0.811. The Balaban J connectivity index is 1.15. The van der Waals surface area contributed by atoms with Gasteiger partial charge in [0.15, 0.2) is 0 Å². The van der Waals surface area contributed by atoms with E-state index >= 15 is 0 Å². The van der Waals surface area contributed by atoms with E-state index in [1.54, 1.807) is 0 Å². The molecule has 0 bridgehead atoms. The Morgan fingerprint density at radius 3 is 2.26 bits per heavy atom. The number of carboxylic acid groups (broad SMARTS) is 1. The Morgan fingerprint density at radius 2 is 1.69 bits per heavy atom. The third-order valence-corrected chi connectivity index (χ3v) is 8.47. The Morgan fingerprint density at radius 1 is 1.06 bits per heavy atom. The molecular weight excluding hydrogens is 444 g/mol. The molecule has 3 aliphatic rings. The molecule has 5 rings (SSSR count). The monoisotopic (exact) mass is 476 g/mol. The Hall–Kier alpha value is -3.35. The molecule has 0 spiro atoms. The maximum absolute atomic E-state index is 13.1. The summed E-state index contributed by atoms with van der Waals surface area (Å²) in [5.74, 6) is -0.776. The highest BCUT2D eigenvalue weighted by Gasteiger charge is 2.65. The zero-order valence-electron chi connectivity index (χ0n) is 20.2. The summed E-state index contributed by atoms with van der Waals surface area (Å²) in [5, 5.41) is 15.3. The topological polar surface area (TPSA) is 105 Å². The van der Waals surface area contributed by atoms with Crippen molar-refractivity contribution in [1.29, 1.82) is 0 Å². The Bertz CT molecular complexity index is 1130. The van der Waals surface area contributed by atoms with Gasteiger partial charge in [-0.1, -0.05) is 55.5 Å². The number of carbonyl (C=O) groups excluding carboxylic acids is 2. The molecule has 0 aromatic heterocycles. The van der Waals surface area contributed by atoms with Crippen LogP contribution in [0.5, 0.6) is 0 Å². The van der Waals surface area contributed by atoms with Crippen LogP contribution in [0.25, 0.3) is 11.1 Å². The first-order valence-electron chi connectivity index (χ1n) is 12.4. The molecule has 0 heterocycles. The number of amides is 2. The largest absolute Gasteiger partial charge is 0.481 e. The minimum Gasteiger partial charge on any atom is -0.481 e. The summed E-state index contributed by atoms with van der Waals surface area (Å²) < 4.78 is 5.61. The fourth-order valence-electron chi connectivity index (χ4n) is 5.91. The molecule has 0 aliphatic heterocycles. The Kier molecular flexibility index (Phi) is 5.82. The molecule has 2 aromatic rings. The smallest absolute Gasteiger partial charge is 0.407 e. The van der Waals surface area contributed by atoms with E-state index in [4.69, 9.17) is 4.74 Å². The van der Waals surface area contributed by atoms with Gasteiger partial charge in [-0.3, -0.25) is 9.59 Å². The van der Waals surface area contributed by atoms with E-state index in [0.29, 0.717) is 25.7 Å². The number of alkyl carbamates (subject to hydrolysis) is 1. The number of carbonyl (C=O) groups is 3. The number of carboxylic acids is 1. The lowest BCUT2D eigenvalue weighted by atomic mass is 9.86. The lowest BCUT2D eigenvalue weighted by molar-refractivity contribution is -0.144. The highest BCUT2D eigenvalue weighted by Crippen LogP contribution is 2.63. The number of hydrogen-bond donors (Lipinski definition) is 3. The summed E-state index contributed by atoms with van der Waals surface area (Å²) in [7, 11) is 0. The third-order valence-electron chi connectivity index (χ3n) is 8.47. The summed E-state index contributed by atoms with van der Waals surface area (Å²) in [4.78, 5) is 37.2. The average molecular weight is 477 g/mol. The molecule has 2 amide bonds. The molecule has 3 N–H and O–H groups in total. The van der Waals surface area contributed by atoms with E-state index in [-0.39, 0.29) is 36.9 Å². The maximum atomic E-state index is 13.1. The molecule has 0 radical (unpaired) electrons. The molecule has 2 aromatic carbocycles. The van der Waals surface area contributed by atoms with E-state index in [0.717, 1.165) is 11.1 Å². The highest BCUT2D eigenvalue weighted by atomic mass is 16.5. The first-order valence-corrected chi connectivity index (χ1v) is 12.4. The molecule has 7 nitrogen and oxygen atoms in total. The van der Waals surface area contributed by atoms with Gasteiger partial charge in [0, 0.05) is 18.5 Å². The predicted molar refractivity (Wildman–Crippen MR) is 131 cm³/mol. The van der Waals surface area contributed by atoms with E-state index in [9.17, 15) is 19.5 Å². The van der Waals surface area contributed by atoms with Crippen LogP contribution in [0.2, 0.25) is 0 Å². The van der Waals surface area contributed by atoms with Crippen molar-refractivity contribution in [1.82, 2.24) is 10.6 Å². The summed E-state index contributed by atoms with van der Waals surface area (Å²) in [6, 6.07) is 16.2. The minimum absolute atomic E-state index is 0.0237. The lowest BCUT2D eigenvalue weighted by Crippen LogP contribution is -2.49. The summed E-state index contributed by atoms with van der Waals surface area (Å²) >= 11 is 0. The van der Waals surface area contributed by atoms with Crippen LogP contribution in [0.4, 0.5) is 4.79 Å². The van der Waals surface area contributed by atoms with Crippen LogP contribution >= 0.6 is 0 Å². The van der Waals surface area contributed by atoms with Gasteiger partial charge >= 0.3 is 12.1 Å². The van der Waals surface area contributed by atoms with Gasteiger partial charge in [0.2, 0.25) is 5.91 Å². The summed E-state index contributed by atoms with van der Waals surface area (Å²) in [6.45, 7) is 4.08. The number of rotatable bonds is 8. The van der Waals surface area contributed by atoms with Crippen LogP contribution in [-0.2, 0) is 14.3 Å². The number of nitrogens with one attached hydrogen (secondary N) is 2. The van der Waals surface area contributed by atoms with Crippen molar-refractivity contribution in [3.63, 3.8) is 0 Å². The molecule has 2 saturated carbocycles. The van der Waals surface area contributed by atoms with Crippen molar-refractivity contribution < 1.29 is 24.2 Å². The molecule has 2 fully saturated rings. The van der Waals surface area contributed by atoms with Crippen LogP contribution in [-0.4, -0.2) is 42.3 Å². The first kappa shape index (κ1) is 23.4. The van der Waals surface area contributed by atoms with E-state index in [1.165, 1.54) is 11.1 Å². The molecule has 4 atom stereocenters. The van der Waals surface area contributed by atoms with Crippen LogP contribution < -0.4 is 10.6 Å². The molecule has 3 aliphatic carbocycles. The van der Waals surface area contributed by atoms with E-state index < -0.39 is 22.9 Å². The van der Waals surface area contributed by atoms with Gasteiger partial charge in [-0.05, 0) is 60.8 Å². The van der Waals surface area contributed by atoms with E-state index in [1.807, 2.05) is 38.1 Å². The first-order chi connectivity index (χ1) is 16.8. The van der Waals surface area contributed by atoms with Gasteiger partial charge in [-0.2, -0.15) is 0 Å². The van der Waals surface area contributed by atoms with E-state index in [2.05, 4.69) is 34.9 Å². The summed E-state index contributed by atoms with van der Waals surface area (Å²) in [5.41, 5.74) is 3.18. The number of fused-ring (bicyclic) bond motifs is 4. The molecule has 0 saturated heterocycles.